The number of aromatic nitrogens is 4. The van der Waals surface area contributed by atoms with E-state index in [0.717, 1.165) is 14.1 Å². The van der Waals surface area contributed by atoms with Gasteiger partial charge in [0.05, 0.1) is 0 Å². The normalized spacial score (nSPS) is 13.1. The maximum Gasteiger partial charge on any atom is 0.449 e. The molecule has 0 amide bonds. The number of aryl methyl sites for hydroxylation is 1. The Morgan fingerprint density at radius 1 is 1.00 bits per heavy atom. The summed E-state index contributed by atoms with van der Waals surface area (Å²) in [6.45, 7) is -2.05. The van der Waals surface area contributed by atoms with Crippen LogP contribution in [0, 0.1) is 0 Å². The Bertz CT molecular complexity index is 854. The van der Waals surface area contributed by atoms with Gasteiger partial charge in [-0.25, -0.2) is 9.78 Å². The number of nitrogens with zero attached hydrogens (tertiary/aromatic N) is 4. The van der Waals surface area contributed by atoms with Crippen LogP contribution in [0.4, 0.5) is 26.3 Å². The van der Waals surface area contributed by atoms with Gasteiger partial charge in [0.2, 0.25) is 5.82 Å². The molecule has 0 saturated heterocycles. The van der Waals surface area contributed by atoms with E-state index in [1.54, 1.807) is 0 Å². The number of halogens is 6. The van der Waals surface area contributed by atoms with Gasteiger partial charge in [-0.1, -0.05) is 0 Å². The number of fused-ring (bicyclic) bond motifs is 1. The zero-order valence-corrected chi connectivity index (χ0v) is 11.1. The standard InChI is InChI=1S/C10H8F6N4O2/c1-18-5-4(6(21)19(2)8(18)22)20(3-9(11,12)13)7(17-5)10(14,15)16/h3H2,1-2H3. The molecule has 0 N–H and O–H groups in total. The Morgan fingerprint density at radius 3 is 2.00 bits per heavy atom. The molecule has 0 atom stereocenters. The number of imidazole rings is 1. The van der Waals surface area contributed by atoms with Crippen molar-refractivity contribution >= 4 is 11.2 Å². The molecule has 2 heterocycles. The van der Waals surface area contributed by atoms with Crippen LogP contribution in [0.3, 0.4) is 0 Å². The summed E-state index contributed by atoms with van der Waals surface area (Å²) in [5.74, 6) is -1.89. The van der Waals surface area contributed by atoms with Crippen LogP contribution in [0.25, 0.3) is 11.2 Å². The van der Waals surface area contributed by atoms with E-state index in [2.05, 4.69) is 4.98 Å². The van der Waals surface area contributed by atoms with Gasteiger partial charge in [-0.3, -0.25) is 13.9 Å². The molecule has 0 bridgehead atoms. The number of rotatable bonds is 1. The average molecular weight is 330 g/mol. The van der Waals surface area contributed by atoms with Crippen molar-refractivity contribution in [2.75, 3.05) is 0 Å². The quantitative estimate of drug-likeness (QED) is 0.734. The number of hydrogen-bond acceptors (Lipinski definition) is 3. The summed E-state index contributed by atoms with van der Waals surface area (Å²) in [7, 11) is 1.96. The third kappa shape index (κ3) is 2.48. The molecule has 0 spiro atoms. The van der Waals surface area contributed by atoms with Crippen LogP contribution in [-0.2, 0) is 26.8 Å². The van der Waals surface area contributed by atoms with Crippen LogP contribution in [0.15, 0.2) is 9.59 Å². The Kier molecular flexibility index (Phi) is 3.38. The molecule has 0 unspecified atom stereocenters. The molecule has 0 radical (unpaired) electrons. The predicted molar refractivity (Wildman–Crippen MR) is 61.3 cm³/mol. The average Bonchev–Trinajstić information content (AvgIpc) is 2.71. The highest BCUT2D eigenvalue weighted by atomic mass is 19.4. The molecule has 2 aromatic rings. The zero-order valence-electron chi connectivity index (χ0n) is 11.1. The fourth-order valence-electron chi connectivity index (χ4n) is 2.00. The van der Waals surface area contributed by atoms with E-state index >= 15 is 0 Å². The summed E-state index contributed by atoms with van der Waals surface area (Å²) >= 11 is 0. The predicted octanol–water partition coefficient (Wildman–Crippen LogP) is 1.01. The summed E-state index contributed by atoms with van der Waals surface area (Å²) in [6, 6.07) is 0. The molecular formula is C10H8F6N4O2. The highest BCUT2D eigenvalue weighted by molar-refractivity contribution is 5.71. The van der Waals surface area contributed by atoms with Gasteiger partial charge in [0.1, 0.15) is 6.54 Å². The Hall–Kier alpha value is -2.27. The van der Waals surface area contributed by atoms with E-state index in [0.29, 0.717) is 9.13 Å². The van der Waals surface area contributed by atoms with Gasteiger partial charge in [0, 0.05) is 14.1 Å². The Balaban J connectivity index is 3.01. The second kappa shape index (κ2) is 4.61. The summed E-state index contributed by atoms with van der Waals surface area (Å²) in [6.07, 6.45) is -10.2. The lowest BCUT2D eigenvalue weighted by Gasteiger charge is -2.13. The summed E-state index contributed by atoms with van der Waals surface area (Å²) in [5.41, 5.74) is -3.98. The fraction of sp³-hybridized carbons (Fsp3) is 0.500. The number of hydrogen-bond donors (Lipinski definition) is 0. The van der Waals surface area contributed by atoms with Crippen molar-refractivity contribution in [2.24, 2.45) is 14.1 Å². The van der Waals surface area contributed by atoms with Crippen molar-refractivity contribution in [3.63, 3.8) is 0 Å². The highest BCUT2D eigenvalue weighted by Crippen LogP contribution is 2.32. The first-order chi connectivity index (χ1) is 9.84. The third-order valence-corrected chi connectivity index (χ3v) is 2.94. The first kappa shape index (κ1) is 16.1. The first-order valence-electron chi connectivity index (χ1n) is 5.65. The van der Waals surface area contributed by atoms with E-state index < -0.39 is 47.1 Å². The topological polar surface area (TPSA) is 61.8 Å². The summed E-state index contributed by atoms with van der Waals surface area (Å²) in [5, 5.41) is 0. The van der Waals surface area contributed by atoms with Gasteiger partial charge in [-0.2, -0.15) is 26.3 Å². The van der Waals surface area contributed by atoms with Crippen LogP contribution in [-0.4, -0.2) is 24.9 Å². The number of alkyl halides is 6. The molecule has 2 aromatic heterocycles. The zero-order chi connectivity index (χ0) is 17.0. The van der Waals surface area contributed by atoms with Gasteiger partial charge < -0.3 is 4.57 Å². The van der Waals surface area contributed by atoms with E-state index in [-0.39, 0.29) is 4.57 Å². The molecule has 122 valence electrons. The molecule has 0 aliphatic carbocycles. The molecule has 12 heteroatoms. The lowest BCUT2D eigenvalue weighted by atomic mass is 10.4. The molecular weight excluding hydrogens is 322 g/mol. The smallest absolute Gasteiger partial charge is 0.305 e. The van der Waals surface area contributed by atoms with Gasteiger partial charge in [-0.05, 0) is 0 Å². The van der Waals surface area contributed by atoms with E-state index in [1.165, 1.54) is 0 Å². The second-order valence-electron chi connectivity index (χ2n) is 4.51. The maximum atomic E-state index is 12.9. The molecule has 0 aliphatic rings. The van der Waals surface area contributed by atoms with Gasteiger partial charge in [-0.15, -0.1) is 0 Å². The van der Waals surface area contributed by atoms with Gasteiger partial charge in [0.15, 0.2) is 11.2 Å². The Labute approximate surface area is 117 Å². The van der Waals surface area contributed by atoms with Crippen LogP contribution in [0.2, 0.25) is 0 Å². The molecule has 2 rings (SSSR count). The molecule has 0 aromatic carbocycles. The molecule has 0 saturated carbocycles. The second-order valence-corrected chi connectivity index (χ2v) is 4.51. The largest absolute Gasteiger partial charge is 0.449 e. The monoisotopic (exact) mass is 330 g/mol. The van der Waals surface area contributed by atoms with E-state index in [1.807, 2.05) is 0 Å². The summed E-state index contributed by atoms with van der Waals surface area (Å²) in [4.78, 5) is 26.6. The van der Waals surface area contributed by atoms with Crippen molar-refractivity contribution in [3.8, 4) is 0 Å². The minimum atomic E-state index is -5.22. The first-order valence-corrected chi connectivity index (χ1v) is 5.65. The van der Waals surface area contributed by atoms with E-state index in [4.69, 9.17) is 0 Å². The Morgan fingerprint density at radius 2 is 1.55 bits per heavy atom. The van der Waals surface area contributed by atoms with Crippen molar-refractivity contribution in [1.29, 1.82) is 0 Å². The minimum absolute atomic E-state index is 0.267. The van der Waals surface area contributed by atoms with E-state index in [9.17, 15) is 35.9 Å². The highest BCUT2D eigenvalue weighted by Gasteiger charge is 2.42. The van der Waals surface area contributed by atoms with Crippen LogP contribution in [0.1, 0.15) is 5.82 Å². The lowest BCUT2D eigenvalue weighted by Crippen LogP contribution is -2.38. The van der Waals surface area contributed by atoms with Gasteiger partial charge >= 0.3 is 18.0 Å². The van der Waals surface area contributed by atoms with Crippen LogP contribution >= 0.6 is 0 Å². The maximum absolute atomic E-state index is 12.9. The minimum Gasteiger partial charge on any atom is -0.305 e. The fourth-order valence-corrected chi connectivity index (χ4v) is 2.00. The summed E-state index contributed by atoms with van der Waals surface area (Å²) < 4.78 is 77.0. The molecule has 6 nitrogen and oxygen atoms in total. The molecule has 0 fully saturated rings. The molecule has 22 heavy (non-hydrogen) atoms. The van der Waals surface area contributed by atoms with Gasteiger partial charge in [0.25, 0.3) is 5.56 Å². The molecule has 0 aliphatic heterocycles. The van der Waals surface area contributed by atoms with Crippen molar-refractivity contribution in [1.82, 2.24) is 18.7 Å². The van der Waals surface area contributed by atoms with Crippen molar-refractivity contribution < 1.29 is 26.3 Å². The SMILES string of the molecule is Cn1c(=O)c2c(nc(C(F)(F)F)n2CC(F)(F)F)n(C)c1=O. The third-order valence-electron chi connectivity index (χ3n) is 2.94. The van der Waals surface area contributed by atoms with Crippen molar-refractivity contribution in [3.05, 3.63) is 26.7 Å². The van der Waals surface area contributed by atoms with Crippen LogP contribution < -0.4 is 11.2 Å². The van der Waals surface area contributed by atoms with Crippen LogP contribution in [0.5, 0.6) is 0 Å². The lowest BCUT2D eigenvalue weighted by molar-refractivity contribution is -0.160. The van der Waals surface area contributed by atoms with Crippen molar-refractivity contribution in [2.45, 2.75) is 18.9 Å².